The number of aryl methyl sites for hydroxylation is 1. The SMILES string of the molecule is Cc1cccc(C(=O)O)c1OCCCCNC(=O)C(Cc1ccc(C2CC(=O)NS2(=O)=O)c(Cl)c1)NS(=O)(=O)c1ccccc1. The predicted molar refractivity (Wildman–Crippen MR) is 166 cm³/mol. The van der Waals surface area contributed by atoms with E-state index in [1.54, 1.807) is 37.3 Å². The molecule has 45 heavy (non-hydrogen) atoms. The van der Waals surface area contributed by atoms with Gasteiger partial charge in [-0.1, -0.05) is 54.1 Å². The van der Waals surface area contributed by atoms with Crippen LogP contribution in [0.4, 0.5) is 0 Å². The van der Waals surface area contributed by atoms with E-state index in [1.807, 2.05) is 4.72 Å². The largest absolute Gasteiger partial charge is 0.492 e. The number of carboxylic acid groups (broad SMARTS) is 1. The van der Waals surface area contributed by atoms with Crippen molar-refractivity contribution < 1.29 is 41.1 Å². The Morgan fingerprint density at radius 2 is 1.82 bits per heavy atom. The van der Waals surface area contributed by atoms with E-state index in [2.05, 4.69) is 10.0 Å². The molecule has 2 amide bonds. The minimum Gasteiger partial charge on any atom is -0.492 e. The van der Waals surface area contributed by atoms with Crippen LogP contribution in [0.5, 0.6) is 5.75 Å². The molecule has 2 unspecified atom stereocenters. The number of hydrogen-bond acceptors (Lipinski definition) is 8. The third-order valence-electron chi connectivity index (χ3n) is 7.08. The average Bonchev–Trinajstić information content (AvgIpc) is 3.26. The first kappa shape index (κ1) is 33.9. The monoisotopic (exact) mass is 677 g/mol. The summed E-state index contributed by atoms with van der Waals surface area (Å²) in [4.78, 5) is 36.4. The van der Waals surface area contributed by atoms with Crippen molar-refractivity contribution in [1.82, 2.24) is 14.8 Å². The van der Waals surface area contributed by atoms with Crippen molar-refractivity contribution in [2.24, 2.45) is 0 Å². The number of aromatic carboxylic acids is 1. The van der Waals surface area contributed by atoms with E-state index < -0.39 is 49.1 Å². The number of nitrogens with one attached hydrogen (secondary N) is 3. The Bertz CT molecular complexity index is 1800. The summed E-state index contributed by atoms with van der Waals surface area (Å²) >= 11 is 6.40. The Hall–Kier alpha value is -3.98. The molecule has 15 heteroatoms. The lowest BCUT2D eigenvalue weighted by Gasteiger charge is -2.20. The van der Waals surface area contributed by atoms with E-state index in [0.717, 1.165) is 0 Å². The number of rotatable bonds is 14. The fourth-order valence-corrected chi connectivity index (χ4v) is 7.88. The van der Waals surface area contributed by atoms with Gasteiger partial charge in [0.2, 0.25) is 31.9 Å². The smallest absolute Gasteiger partial charge is 0.339 e. The highest BCUT2D eigenvalue weighted by Crippen LogP contribution is 2.35. The number of halogens is 1. The van der Waals surface area contributed by atoms with Crippen molar-refractivity contribution in [3.8, 4) is 5.75 Å². The van der Waals surface area contributed by atoms with Gasteiger partial charge in [0.25, 0.3) is 0 Å². The fourth-order valence-electron chi connectivity index (χ4n) is 4.81. The number of benzene rings is 3. The van der Waals surface area contributed by atoms with Gasteiger partial charge in [0.05, 0.1) is 17.9 Å². The number of amides is 2. The molecule has 0 spiro atoms. The number of carboxylic acids is 1. The van der Waals surface area contributed by atoms with Gasteiger partial charge in [-0.15, -0.1) is 0 Å². The van der Waals surface area contributed by atoms with Crippen LogP contribution in [0.2, 0.25) is 5.02 Å². The summed E-state index contributed by atoms with van der Waals surface area (Å²) in [6.07, 6.45) is 0.550. The molecule has 4 rings (SSSR count). The van der Waals surface area contributed by atoms with Crippen molar-refractivity contribution >= 4 is 49.4 Å². The molecule has 240 valence electrons. The molecular weight excluding hydrogens is 646 g/mol. The standard InChI is InChI=1S/C30H32ClN3O9S2/c1-19-8-7-11-23(30(37)38)28(19)43-15-6-5-14-32-29(36)25(33-44(39,40)21-9-3-2-4-10-21)17-20-12-13-22(24(31)16-20)26-18-27(35)34-45(26,41)42/h2-4,7-13,16,25-26,33H,5-6,14-15,17-18H2,1H3,(H,32,36)(H,34,35)(H,37,38). The summed E-state index contributed by atoms with van der Waals surface area (Å²) in [5.41, 5.74) is 1.41. The maximum atomic E-state index is 13.3. The first-order valence-electron chi connectivity index (χ1n) is 13.9. The van der Waals surface area contributed by atoms with Crippen molar-refractivity contribution in [1.29, 1.82) is 0 Å². The van der Waals surface area contributed by atoms with Gasteiger partial charge in [-0.05, 0) is 67.1 Å². The highest BCUT2D eigenvalue weighted by molar-refractivity contribution is 7.90. The zero-order chi connectivity index (χ0) is 32.8. The number of sulfonamides is 2. The lowest BCUT2D eigenvalue weighted by Crippen LogP contribution is -2.48. The van der Waals surface area contributed by atoms with Crippen molar-refractivity contribution in [2.45, 2.75) is 48.8 Å². The Morgan fingerprint density at radius 1 is 1.09 bits per heavy atom. The molecular formula is C30H32ClN3O9S2. The first-order chi connectivity index (χ1) is 21.3. The Kier molecular flexibility index (Phi) is 10.9. The number of hydrogen-bond donors (Lipinski definition) is 4. The maximum absolute atomic E-state index is 13.3. The second-order valence-electron chi connectivity index (χ2n) is 10.4. The molecule has 2 atom stereocenters. The van der Waals surface area contributed by atoms with Crippen molar-refractivity contribution in [3.05, 3.63) is 94.0 Å². The topological polar surface area (TPSA) is 185 Å². The van der Waals surface area contributed by atoms with Gasteiger partial charge < -0.3 is 15.2 Å². The quantitative estimate of drug-likeness (QED) is 0.186. The summed E-state index contributed by atoms with van der Waals surface area (Å²) in [6.45, 7) is 2.13. The third-order valence-corrected chi connectivity index (χ3v) is 10.6. The molecule has 1 heterocycles. The van der Waals surface area contributed by atoms with Crippen molar-refractivity contribution in [2.75, 3.05) is 13.2 Å². The zero-order valence-corrected chi connectivity index (χ0v) is 26.5. The Balaban J connectivity index is 1.42. The van der Waals surface area contributed by atoms with Crippen LogP contribution >= 0.6 is 11.6 Å². The van der Waals surface area contributed by atoms with Gasteiger partial charge in [-0.2, -0.15) is 4.72 Å². The Morgan fingerprint density at radius 3 is 2.47 bits per heavy atom. The molecule has 1 fully saturated rings. The van der Waals surface area contributed by atoms with E-state index in [-0.39, 0.29) is 52.8 Å². The van der Waals surface area contributed by atoms with Gasteiger partial charge in [-0.25, -0.2) is 21.6 Å². The second-order valence-corrected chi connectivity index (χ2v) is 14.4. The van der Waals surface area contributed by atoms with Crippen LogP contribution in [0.3, 0.4) is 0 Å². The summed E-state index contributed by atoms with van der Waals surface area (Å²) in [6, 6.07) is 15.6. The van der Waals surface area contributed by atoms with Gasteiger partial charge in [0, 0.05) is 11.6 Å². The Labute approximate surface area is 266 Å². The van der Waals surface area contributed by atoms with Gasteiger partial charge in [-0.3, -0.25) is 14.3 Å². The van der Waals surface area contributed by atoms with E-state index in [0.29, 0.717) is 24.0 Å². The fraction of sp³-hybridized carbons (Fsp3) is 0.300. The molecule has 0 saturated carbocycles. The summed E-state index contributed by atoms with van der Waals surface area (Å²) < 4.78 is 60.9. The summed E-state index contributed by atoms with van der Waals surface area (Å²) in [5.74, 6) is -2.06. The van der Waals surface area contributed by atoms with E-state index >= 15 is 0 Å². The van der Waals surface area contributed by atoms with Crippen LogP contribution in [0.15, 0.2) is 71.6 Å². The highest BCUT2D eigenvalue weighted by atomic mass is 35.5. The van der Waals surface area contributed by atoms with Crippen LogP contribution < -0.4 is 19.5 Å². The summed E-state index contributed by atoms with van der Waals surface area (Å²) in [5, 5.41) is 11.0. The summed E-state index contributed by atoms with van der Waals surface area (Å²) in [7, 11) is -8.03. The van der Waals surface area contributed by atoms with Crippen molar-refractivity contribution in [3.63, 3.8) is 0 Å². The van der Waals surface area contributed by atoms with Gasteiger partial charge >= 0.3 is 5.97 Å². The molecule has 1 aliphatic heterocycles. The predicted octanol–water partition coefficient (Wildman–Crippen LogP) is 3.10. The number of carbonyl (C=O) groups is 3. The minimum atomic E-state index is -4.10. The van der Waals surface area contributed by atoms with E-state index in [4.69, 9.17) is 16.3 Å². The lowest BCUT2D eigenvalue weighted by atomic mass is 10.0. The van der Waals surface area contributed by atoms with E-state index in [1.165, 1.54) is 36.4 Å². The number of para-hydroxylation sites is 1. The molecule has 0 bridgehead atoms. The molecule has 0 aromatic heterocycles. The zero-order valence-electron chi connectivity index (χ0n) is 24.2. The number of ether oxygens (including phenoxy) is 1. The van der Waals surface area contributed by atoms with E-state index in [9.17, 15) is 36.3 Å². The number of unbranched alkanes of at least 4 members (excludes halogenated alkanes) is 1. The molecule has 4 N–H and O–H groups in total. The van der Waals surface area contributed by atoms with Gasteiger partial charge in [0.15, 0.2) is 0 Å². The highest BCUT2D eigenvalue weighted by Gasteiger charge is 2.39. The molecule has 0 aliphatic carbocycles. The maximum Gasteiger partial charge on any atom is 0.339 e. The van der Waals surface area contributed by atoms with Gasteiger partial charge in [0.1, 0.15) is 22.6 Å². The normalized spacial score (nSPS) is 16.5. The molecule has 12 nitrogen and oxygen atoms in total. The van der Waals surface area contributed by atoms with Crippen LogP contribution in [-0.2, 0) is 36.1 Å². The second kappa shape index (κ2) is 14.4. The molecule has 1 saturated heterocycles. The van der Waals surface area contributed by atoms with Crippen LogP contribution in [-0.4, -0.2) is 58.9 Å². The molecule has 1 aliphatic rings. The molecule has 0 radical (unpaired) electrons. The van der Waals surface area contributed by atoms with Crippen LogP contribution in [0, 0.1) is 6.92 Å². The van der Waals surface area contributed by atoms with Crippen LogP contribution in [0.1, 0.15) is 51.6 Å². The third kappa shape index (κ3) is 8.60. The molecule has 3 aromatic carbocycles. The molecule has 3 aromatic rings. The van der Waals surface area contributed by atoms with Crippen LogP contribution in [0.25, 0.3) is 0 Å². The minimum absolute atomic E-state index is 0.0335. The number of carbonyl (C=O) groups excluding carboxylic acids is 2. The first-order valence-corrected chi connectivity index (χ1v) is 17.3. The average molecular weight is 678 g/mol. The lowest BCUT2D eigenvalue weighted by molar-refractivity contribution is -0.122.